The molecule has 1 aromatic rings. The van der Waals surface area contributed by atoms with Gasteiger partial charge >= 0.3 is 0 Å². The second-order valence-corrected chi connectivity index (χ2v) is 3.17. The average molecular weight is 182 g/mol. The predicted octanol–water partition coefficient (Wildman–Crippen LogP) is 0.0883. The maximum atomic E-state index is 5.55. The van der Waals surface area contributed by atoms with Crippen LogP contribution in [0.4, 0.5) is 0 Å². The molecule has 0 radical (unpaired) electrons. The molecular formula is C8H14N4O. The van der Waals surface area contributed by atoms with Gasteiger partial charge in [-0.05, 0) is 12.8 Å². The molecule has 72 valence electrons. The van der Waals surface area contributed by atoms with Crippen molar-refractivity contribution in [1.29, 1.82) is 0 Å². The Balaban J connectivity index is 2.13. The first-order valence-corrected chi connectivity index (χ1v) is 4.58. The van der Waals surface area contributed by atoms with E-state index in [2.05, 4.69) is 10.1 Å². The van der Waals surface area contributed by atoms with E-state index < -0.39 is 0 Å². The summed E-state index contributed by atoms with van der Waals surface area (Å²) < 4.78 is 7.21. The number of rotatable bonds is 2. The summed E-state index contributed by atoms with van der Waals surface area (Å²) >= 11 is 0. The summed E-state index contributed by atoms with van der Waals surface area (Å²) in [6.45, 7) is 2.08. The summed E-state index contributed by atoms with van der Waals surface area (Å²) in [7, 11) is 0. The van der Waals surface area contributed by atoms with E-state index in [1.54, 1.807) is 6.33 Å². The molecule has 1 saturated heterocycles. The quantitative estimate of drug-likeness (QED) is 0.703. The van der Waals surface area contributed by atoms with E-state index in [9.17, 15) is 0 Å². The van der Waals surface area contributed by atoms with Crippen molar-refractivity contribution in [2.45, 2.75) is 25.4 Å². The zero-order chi connectivity index (χ0) is 9.10. The lowest BCUT2D eigenvalue weighted by atomic mass is 10.1. The summed E-state index contributed by atoms with van der Waals surface area (Å²) in [5.74, 6) is 0.868. The second-order valence-electron chi connectivity index (χ2n) is 3.17. The number of nitrogens with two attached hydrogens (primary N) is 1. The summed E-state index contributed by atoms with van der Waals surface area (Å²) in [5, 5.41) is 4.18. The van der Waals surface area contributed by atoms with E-state index in [0.29, 0.717) is 12.6 Å². The Labute approximate surface area is 76.9 Å². The van der Waals surface area contributed by atoms with Crippen LogP contribution in [0.2, 0.25) is 0 Å². The highest BCUT2D eigenvalue weighted by molar-refractivity contribution is 4.87. The Kier molecular flexibility index (Phi) is 2.56. The molecule has 2 rings (SSSR count). The van der Waals surface area contributed by atoms with Crippen molar-refractivity contribution in [3.8, 4) is 0 Å². The first-order valence-electron chi connectivity index (χ1n) is 4.58. The van der Waals surface area contributed by atoms with Crippen LogP contribution in [0.1, 0.15) is 24.7 Å². The molecule has 0 aromatic carbocycles. The summed E-state index contributed by atoms with van der Waals surface area (Å²) in [6, 6.07) is 0.426. The van der Waals surface area contributed by atoms with Gasteiger partial charge in [0.25, 0.3) is 0 Å². The molecule has 1 aliphatic rings. The van der Waals surface area contributed by atoms with Gasteiger partial charge < -0.3 is 10.5 Å². The van der Waals surface area contributed by atoms with Gasteiger partial charge in [-0.15, -0.1) is 0 Å². The van der Waals surface area contributed by atoms with Crippen LogP contribution < -0.4 is 5.73 Å². The first kappa shape index (κ1) is 8.65. The van der Waals surface area contributed by atoms with E-state index in [-0.39, 0.29) is 0 Å². The fourth-order valence-electron chi connectivity index (χ4n) is 1.65. The van der Waals surface area contributed by atoms with Crippen molar-refractivity contribution in [2.24, 2.45) is 5.73 Å². The van der Waals surface area contributed by atoms with Gasteiger partial charge in [-0.1, -0.05) is 0 Å². The molecule has 5 heteroatoms. The second kappa shape index (κ2) is 3.85. The van der Waals surface area contributed by atoms with Crippen molar-refractivity contribution in [3.05, 3.63) is 12.2 Å². The molecule has 1 fully saturated rings. The number of aromatic nitrogens is 3. The number of hydrogen-bond acceptors (Lipinski definition) is 4. The molecular weight excluding hydrogens is 168 g/mol. The van der Waals surface area contributed by atoms with Gasteiger partial charge in [0, 0.05) is 13.2 Å². The predicted molar refractivity (Wildman–Crippen MR) is 47.0 cm³/mol. The molecule has 0 unspecified atom stereocenters. The number of nitrogens with zero attached hydrogens (tertiary/aromatic N) is 3. The molecule has 0 aliphatic carbocycles. The minimum Gasteiger partial charge on any atom is -0.381 e. The lowest BCUT2D eigenvalue weighted by molar-refractivity contribution is 0.0653. The summed E-state index contributed by atoms with van der Waals surface area (Å²) in [5.41, 5.74) is 5.55. The maximum Gasteiger partial charge on any atom is 0.140 e. The fraction of sp³-hybridized carbons (Fsp3) is 0.750. The van der Waals surface area contributed by atoms with Crippen LogP contribution in [-0.2, 0) is 11.3 Å². The third-order valence-corrected chi connectivity index (χ3v) is 2.37. The fourth-order valence-corrected chi connectivity index (χ4v) is 1.65. The third kappa shape index (κ3) is 1.71. The first-order chi connectivity index (χ1) is 6.42. The van der Waals surface area contributed by atoms with E-state index >= 15 is 0 Å². The van der Waals surface area contributed by atoms with E-state index in [1.807, 2.05) is 4.68 Å². The largest absolute Gasteiger partial charge is 0.381 e. The topological polar surface area (TPSA) is 66.0 Å². The van der Waals surface area contributed by atoms with Crippen LogP contribution in [0.5, 0.6) is 0 Å². The molecule has 0 bridgehead atoms. The van der Waals surface area contributed by atoms with E-state index in [0.717, 1.165) is 31.9 Å². The highest BCUT2D eigenvalue weighted by Crippen LogP contribution is 2.20. The molecule has 0 spiro atoms. The van der Waals surface area contributed by atoms with Gasteiger partial charge in [-0.25, -0.2) is 9.67 Å². The highest BCUT2D eigenvalue weighted by Gasteiger charge is 2.18. The van der Waals surface area contributed by atoms with Crippen LogP contribution >= 0.6 is 0 Å². The van der Waals surface area contributed by atoms with Crippen molar-refractivity contribution in [2.75, 3.05) is 13.2 Å². The summed E-state index contributed by atoms with van der Waals surface area (Å²) in [4.78, 5) is 4.10. The normalized spacial score (nSPS) is 19.2. The molecule has 1 aliphatic heterocycles. The van der Waals surface area contributed by atoms with Crippen LogP contribution in [0.25, 0.3) is 0 Å². The molecule has 13 heavy (non-hydrogen) atoms. The Morgan fingerprint density at radius 3 is 3.00 bits per heavy atom. The highest BCUT2D eigenvalue weighted by atomic mass is 16.5. The van der Waals surface area contributed by atoms with Gasteiger partial charge in [0.2, 0.25) is 0 Å². The molecule has 2 heterocycles. The Bertz CT molecular complexity index is 267. The zero-order valence-corrected chi connectivity index (χ0v) is 7.52. The van der Waals surface area contributed by atoms with Gasteiger partial charge in [-0.2, -0.15) is 5.10 Å². The SMILES string of the molecule is NCc1ncnn1C1CCOCC1. The molecule has 0 saturated carbocycles. The zero-order valence-electron chi connectivity index (χ0n) is 7.52. The van der Waals surface area contributed by atoms with Gasteiger partial charge in [0.1, 0.15) is 12.2 Å². The lowest BCUT2D eigenvalue weighted by Gasteiger charge is -2.23. The van der Waals surface area contributed by atoms with Gasteiger partial charge in [0.15, 0.2) is 0 Å². The van der Waals surface area contributed by atoms with E-state index in [4.69, 9.17) is 10.5 Å². The van der Waals surface area contributed by atoms with Gasteiger partial charge in [-0.3, -0.25) is 0 Å². The molecule has 5 nitrogen and oxygen atoms in total. The Morgan fingerprint density at radius 1 is 1.54 bits per heavy atom. The van der Waals surface area contributed by atoms with Gasteiger partial charge in [0.05, 0.1) is 12.6 Å². The van der Waals surface area contributed by atoms with Crippen molar-refractivity contribution >= 4 is 0 Å². The minimum absolute atomic E-state index is 0.426. The van der Waals surface area contributed by atoms with Crippen molar-refractivity contribution < 1.29 is 4.74 Å². The molecule has 1 aromatic heterocycles. The van der Waals surface area contributed by atoms with Crippen molar-refractivity contribution in [1.82, 2.24) is 14.8 Å². The monoisotopic (exact) mass is 182 g/mol. The Hall–Kier alpha value is -0.940. The molecule has 0 atom stereocenters. The third-order valence-electron chi connectivity index (χ3n) is 2.37. The number of hydrogen-bond donors (Lipinski definition) is 1. The standard InChI is InChI=1S/C8H14N4O/c9-5-8-10-6-11-12(8)7-1-3-13-4-2-7/h6-7H,1-5,9H2. The van der Waals surface area contributed by atoms with Crippen LogP contribution in [0.15, 0.2) is 6.33 Å². The van der Waals surface area contributed by atoms with Crippen LogP contribution in [0, 0.1) is 0 Å². The summed E-state index contributed by atoms with van der Waals surface area (Å²) in [6.07, 6.45) is 3.59. The van der Waals surface area contributed by atoms with Crippen LogP contribution in [0.3, 0.4) is 0 Å². The van der Waals surface area contributed by atoms with Crippen molar-refractivity contribution in [3.63, 3.8) is 0 Å². The van der Waals surface area contributed by atoms with Crippen LogP contribution in [-0.4, -0.2) is 28.0 Å². The molecule has 0 amide bonds. The minimum atomic E-state index is 0.426. The van der Waals surface area contributed by atoms with E-state index in [1.165, 1.54) is 0 Å². The number of ether oxygens (including phenoxy) is 1. The maximum absolute atomic E-state index is 5.55. The lowest BCUT2D eigenvalue weighted by Crippen LogP contribution is -2.23. The smallest absolute Gasteiger partial charge is 0.140 e. The average Bonchev–Trinajstić information content (AvgIpc) is 2.67. The molecule has 2 N–H and O–H groups in total. The Morgan fingerprint density at radius 2 is 2.31 bits per heavy atom.